The number of benzene rings is 1. The summed E-state index contributed by atoms with van der Waals surface area (Å²) in [6.07, 6.45) is 4.12. The van der Waals surface area contributed by atoms with Crippen molar-refractivity contribution in [3.05, 3.63) is 35.5 Å². The molecule has 2 heteroatoms. The van der Waals surface area contributed by atoms with Crippen LogP contribution in [-0.4, -0.2) is 11.9 Å². The van der Waals surface area contributed by atoms with Crippen molar-refractivity contribution in [1.82, 2.24) is 4.90 Å². The second-order valence-corrected chi connectivity index (χ2v) is 3.15. The number of rotatable bonds is 0. The van der Waals surface area contributed by atoms with E-state index in [-0.39, 0.29) is 0 Å². The van der Waals surface area contributed by atoms with Crippen LogP contribution in [0.2, 0.25) is 0 Å². The van der Waals surface area contributed by atoms with Crippen LogP contribution in [0.3, 0.4) is 0 Å². The monoisotopic (exact) mass is 160 g/mol. The maximum Gasteiger partial charge on any atom is 0.0427 e. The minimum Gasteiger partial charge on any atom is -0.398 e. The summed E-state index contributed by atoms with van der Waals surface area (Å²) < 4.78 is 0. The predicted molar refractivity (Wildman–Crippen MR) is 51.4 cm³/mol. The van der Waals surface area contributed by atoms with Crippen LogP contribution < -0.4 is 5.73 Å². The number of hydrogen-bond donors (Lipinski definition) is 1. The van der Waals surface area contributed by atoms with Gasteiger partial charge in [0.15, 0.2) is 0 Å². The van der Waals surface area contributed by atoms with Crippen molar-refractivity contribution >= 4 is 11.8 Å². The smallest absolute Gasteiger partial charge is 0.0427 e. The minimum absolute atomic E-state index is 0.872. The summed E-state index contributed by atoms with van der Waals surface area (Å²) in [4.78, 5) is 2.14. The molecule has 62 valence electrons. The summed E-state index contributed by atoms with van der Waals surface area (Å²) in [5.74, 6) is 0. The molecule has 0 fully saturated rings. The molecule has 0 unspecified atom stereocenters. The molecule has 2 nitrogen and oxygen atoms in total. The van der Waals surface area contributed by atoms with Crippen molar-refractivity contribution in [2.75, 3.05) is 12.8 Å². The number of anilines is 1. The topological polar surface area (TPSA) is 29.3 Å². The zero-order valence-corrected chi connectivity index (χ0v) is 7.12. The molecule has 1 aliphatic rings. The van der Waals surface area contributed by atoms with Gasteiger partial charge in [-0.25, -0.2) is 0 Å². The van der Waals surface area contributed by atoms with Crippen LogP contribution in [0.25, 0.3) is 6.08 Å². The molecule has 0 atom stereocenters. The Morgan fingerprint density at radius 3 is 3.08 bits per heavy atom. The van der Waals surface area contributed by atoms with E-state index in [4.69, 9.17) is 5.73 Å². The van der Waals surface area contributed by atoms with Gasteiger partial charge in [-0.3, -0.25) is 0 Å². The third-order valence-corrected chi connectivity index (χ3v) is 2.15. The molecule has 0 radical (unpaired) electrons. The van der Waals surface area contributed by atoms with Crippen LogP contribution in [0, 0.1) is 0 Å². The average molecular weight is 160 g/mol. The van der Waals surface area contributed by atoms with E-state index in [0.717, 1.165) is 12.2 Å². The molecule has 2 rings (SSSR count). The van der Waals surface area contributed by atoms with E-state index >= 15 is 0 Å². The maximum atomic E-state index is 5.82. The quantitative estimate of drug-likeness (QED) is 0.585. The third-order valence-electron chi connectivity index (χ3n) is 2.15. The molecule has 1 aromatic rings. The van der Waals surface area contributed by atoms with Crippen LogP contribution in [0.1, 0.15) is 11.1 Å². The highest BCUT2D eigenvalue weighted by Gasteiger charge is 2.08. The summed E-state index contributed by atoms with van der Waals surface area (Å²) in [6.45, 7) is 0.955. The summed E-state index contributed by atoms with van der Waals surface area (Å²) >= 11 is 0. The van der Waals surface area contributed by atoms with Gasteiger partial charge in [-0.05, 0) is 23.9 Å². The SMILES string of the molecule is CN1C=Cc2c(N)cccc2C1. The molecule has 1 heterocycles. The first-order chi connectivity index (χ1) is 5.77. The van der Waals surface area contributed by atoms with E-state index in [2.05, 4.69) is 30.3 Å². The first kappa shape index (κ1) is 7.22. The molecule has 1 aromatic carbocycles. The Balaban J connectivity index is 2.53. The molecule has 2 N–H and O–H groups in total. The second-order valence-electron chi connectivity index (χ2n) is 3.15. The van der Waals surface area contributed by atoms with Crippen molar-refractivity contribution < 1.29 is 0 Å². The van der Waals surface area contributed by atoms with Gasteiger partial charge < -0.3 is 10.6 Å². The third kappa shape index (κ3) is 1.05. The van der Waals surface area contributed by atoms with Crippen LogP contribution >= 0.6 is 0 Å². The Morgan fingerprint density at radius 2 is 2.25 bits per heavy atom. The van der Waals surface area contributed by atoms with Crippen molar-refractivity contribution in [2.24, 2.45) is 0 Å². The van der Waals surface area contributed by atoms with Gasteiger partial charge in [0.2, 0.25) is 0 Å². The van der Waals surface area contributed by atoms with Gasteiger partial charge in [0, 0.05) is 24.8 Å². The lowest BCUT2D eigenvalue weighted by molar-refractivity contribution is 0.448. The fourth-order valence-corrected chi connectivity index (χ4v) is 1.50. The molecule has 0 saturated heterocycles. The summed E-state index contributed by atoms with van der Waals surface area (Å²) in [7, 11) is 2.06. The molecule has 12 heavy (non-hydrogen) atoms. The van der Waals surface area contributed by atoms with Crippen LogP contribution in [0.15, 0.2) is 24.4 Å². The lowest BCUT2D eigenvalue weighted by atomic mass is 10.0. The molecule has 0 saturated carbocycles. The minimum atomic E-state index is 0.872. The average Bonchev–Trinajstić information content (AvgIpc) is 2.04. The van der Waals surface area contributed by atoms with Crippen molar-refractivity contribution in [1.29, 1.82) is 0 Å². The Hall–Kier alpha value is -1.44. The van der Waals surface area contributed by atoms with E-state index in [0.29, 0.717) is 0 Å². The Bertz CT molecular complexity index is 329. The van der Waals surface area contributed by atoms with E-state index in [1.807, 2.05) is 12.1 Å². The molecule has 0 bridgehead atoms. The standard InChI is InChI=1S/C10H12N2/c1-12-6-5-9-8(7-12)3-2-4-10(9)11/h2-6H,7,11H2,1H3. The van der Waals surface area contributed by atoms with Gasteiger partial charge in [-0.15, -0.1) is 0 Å². The number of nitrogens with two attached hydrogens (primary N) is 1. The van der Waals surface area contributed by atoms with E-state index in [1.54, 1.807) is 0 Å². The molecule has 0 spiro atoms. The van der Waals surface area contributed by atoms with Crippen LogP contribution in [0.4, 0.5) is 5.69 Å². The van der Waals surface area contributed by atoms with Gasteiger partial charge in [0.1, 0.15) is 0 Å². The molecular formula is C10H12N2. The van der Waals surface area contributed by atoms with Crippen LogP contribution in [-0.2, 0) is 6.54 Å². The first-order valence-corrected chi connectivity index (χ1v) is 4.03. The lowest BCUT2D eigenvalue weighted by Gasteiger charge is -2.21. The molecule has 0 aliphatic carbocycles. The summed E-state index contributed by atoms with van der Waals surface area (Å²) in [5, 5.41) is 0. The van der Waals surface area contributed by atoms with E-state index in [9.17, 15) is 0 Å². The fourth-order valence-electron chi connectivity index (χ4n) is 1.50. The first-order valence-electron chi connectivity index (χ1n) is 4.03. The fraction of sp³-hybridized carbons (Fsp3) is 0.200. The maximum absolute atomic E-state index is 5.82. The van der Waals surface area contributed by atoms with Crippen molar-refractivity contribution in [2.45, 2.75) is 6.54 Å². The molecular weight excluding hydrogens is 148 g/mol. The number of fused-ring (bicyclic) bond motifs is 1. The molecule has 0 amide bonds. The second kappa shape index (κ2) is 2.55. The number of hydrogen-bond acceptors (Lipinski definition) is 2. The van der Waals surface area contributed by atoms with Crippen molar-refractivity contribution in [3.8, 4) is 0 Å². The summed E-state index contributed by atoms with van der Waals surface area (Å²) in [5.41, 5.74) is 9.17. The highest BCUT2D eigenvalue weighted by molar-refractivity contribution is 5.68. The zero-order valence-electron chi connectivity index (χ0n) is 7.12. The van der Waals surface area contributed by atoms with Crippen LogP contribution in [0.5, 0.6) is 0 Å². The zero-order chi connectivity index (χ0) is 8.55. The lowest BCUT2D eigenvalue weighted by Crippen LogP contribution is -2.14. The van der Waals surface area contributed by atoms with Crippen molar-refractivity contribution in [3.63, 3.8) is 0 Å². The normalized spacial score (nSPS) is 14.6. The Labute approximate surface area is 72.3 Å². The van der Waals surface area contributed by atoms with E-state index in [1.165, 1.54) is 11.1 Å². The Kier molecular flexibility index (Phi) is 1.54. The predicted octanol–water partition coefficient (Wildman–Crippen LogP) is 1.68. The van der Waals surface area contributed by atoms with Gasteiger partial charge in [0.05, 0.1) is 0 Å². The summed E-state index contributed by atoms with van der Waals surface area (Å²) in [6, 6.07) is 6.06. The molecule has 0 aromatic heterocycles. The van der Waals surface area contributed by atoms with Gasteiger partial charge in [0.25, 0.3) is 0 Å². The van der Waals surface area contributed by atoms with E-state index < -0.39 is 0 Å². The largest absolute Gasteiger partial charge is 0.398 e. The van der Waals surface area contributed by atoms with Gasteiger partial charge in [-0.2, -0.15) is 0 Å². The molecule has 1 aliphatic heterocycles. The number of nitrogen functional groups attached to an aromatic ring is 1. The van der Waals surface area contributed by atoms with Gasteiger partial charge in [-0.1, -0.05) is 12.1 Å². The Morgan fingerprint density at radius 1 is 1.42 bits per heavy atom. The number of nitrogens with zero attached hydrogens (tertiary/aromatic N) is 1. The highest BCUT2D eigenvalue weighted by Crippen LogP contribution is 2.23. The van der Waals surface area contributed by atoms with Gasteiger partial charge >= 0.3 is 0 Å². The highest BCUT2D eigenvalue weighted by atomic mass is 15.1.